The van der Waals surface area contributed by atoms with Gasteiger partial charge < -0.3 is 4.74 Å². The van der Waals surface area contributed by atoms with Crippen molar-refractivity contribution < 1.29 is 14.5 Å². The summed E-state index contributed by atoms with van der Waals surface area (Å²) in [5.74, 6) is 0.169. The predicted octanol–water partition coefficient (Wildman–Crippen LogP) is 4.21. The van der Waals surface area contributed by atoms with E-state index in [0.29, 0.717) is 18.1 Å². The van der Waals surface area contributed by atoms with Gasteiger partial charge in [-0.3, -0.25) is 10.1 Å². The van der Waals surface area contributed by atoms with Crippen molar-refractivity contribution in [1.29, 1.82) is 0 Å². The van der Waals surface area contributed by atoms with E-state index >= 15 is 0 Å². The molecule has 1 aliphatic rings. The van der Waals surface area contributed by atoms with Crippen LogP contribution in [-0.2, 0) is 4.74 Å². The topological polar surface area (TPSA) is 69.4 Å². The molecule has 2 rings (SSSR count). The number of hydrogen-bond acceptors (Lipinski definition) is 4. The number of nitrogens with zero attached hydrogens (tertiary/aromatic N) is 1. The van der Waals surface area contributed by atoms with Crippen LogP contribution >= 0.6 is 0 Å². The number of carbonyl (C=O) groups excluding carboxylic acids is 1. The Balaban J connectivity index is 2.02. The fraction of sp³-hybridized carbons (Fsp3) is 0.588. The van der Waals surface area contributed by atoms with Crippen LogP contribution in [0.1, 0.15) is 50.9 Å². The second-order valence-electron chi connectivity index (χ2n) is 7.10. The second kappa shape index (κ2) is 5.71. The third-order valence-electron chi connectivity index (χ3n) is 5.75. The Hall–Kier alpha value is -1.91. The number of hydrogen-bond donors (Lipinski definition) is 0. The molecule has 1 fully saturated rings. The maximum absolute atomic E-state index is 12.1. The van der Waals surface area contributed by atoms with Crippen LogP contribution in [0.25, 0.3) is 0 Å². The molecule has 0 bridgehead atoms. The van der Waals surface area contributed by atoms with Gasteiger partial charge in [-0.1, -0.05) is 27.7 Å². The molecule has 0 heterocycles. The summed E-state index contributed by atoms with van der Waals surface area (Å²) in [6, 6.07) is 5.51. The van der Waals surface area contributed by atoms with E-state index in [1.165, 1.54) is 24.3 Å². The summed E-state index contributed by atoms with van der Waals surface area (Å²) in [7, 11) is 0. The van der Waals surface area contributed by atoms with Gasteiger partial charge in [0.15, 0.2) is 0 Å². The van der Waals surface area contributed by atoms with Gasteiger partial charge in [-0.05, 0) is 36.3 Å². The molecule has 1 saturated carbocycles. The summed E-state index contributed by atoms with van der Waals surface area (Å²) in [6.45, 7) is 9.23. The van der Waals surface area contributed by atoms with Gasteiger partial charge in [0.1, 0.15) is 0 Å². The van der Waals surface area contributed by atoms with E-state index in [1.807, 2.05) is 0 Å². The fourth-order valence-corrected chi connectivity index (χ4v) is 3.10. The monoisotopic (exact) mass is 305 g/mol. The predicted molar refractivity (Wildman–Crippen MR) is 83.7 cm³/mol. The second-order valence-corrected chi connectivity index (χ2v) is 7.10. The standard InChI is InChI=1S/C17H23NO4/c1-12-9-10-17(4,16(12,2)3)11-22-15(19)13-5-7-14(8-6-13)18(20)21/h5-8,12H,9-11H2,1-4H3. The Morgan fingerprint density at radius 1 is 1.32 bits per heavy atom. The van der Waals surface area contributed by atoms with Crippen LogP contribution in [0, 0.1) is 26.9 Å². The maximum Gasteiger partial charge on any atom is 0.338 e. The molecule has 0 saturated heterocycles. The first-order valence-corrected chi connectivity index (χ1v) is 7.59. The van der Waals surface area contributed by atoms with Crippen LogP contribution < -0.4 is 0 Å². The molecular formula is C17H23NO4. The zero-order valence-corrected chi connectivity index (χ0v) is 13.6. The third kappa shape index (κ3) is 2.85. The lowest BCUT2D eigenvalue weighted by Gasteiger charge is -2.40. The Bertz CT molecular complexity index is 579. The molecule has 0 N–H and O–H groups in total. The number of carbonyl (C=O) groups is 1. The highest BCUT2D eigenvalue weighted by atomic mass is 16.6. The van der Waals surface area contributed by atoms with Crippen LogP contribution in [0.3, 0.4) is 0 Å². The first-order chi connectivity index (χ1) is 10.2. The normalized spacial score (nSPS) is 26.6. The molecule has 120 valence electrons. The van der Waals surface area contributed by atoms with Crippen molar-refractivity contribution >= 4 is 11.7 Å². The number of nitro benzene ring substituents is 1. The number of nitro groups is 1. The Morgan fingerprint density at radius 2 is 1.91 bits per heavy atom. The summed E-state index contributed by atoms with van der Waals surface area (Å²) in [6.07, 6.45) is 2.17. The highest BCUT2D eigenvalue weighted by Gasteiger charge is 2.50. The van der Waals surface area contributed by atoms with Crippen LogP contribution in [0.5, 0.6) is 0 Å². The molecule has 2 unspecified atom stereocenters. The lowest BCUT2D eigenvalue weighted by atomic mass is 9.66. The molecule has 2 atom stereocenters. The van der Waals surface area contributed by atoms with E-state index < -0.39 is 10.9 Å². The van der Waals surface area contributed by atoms with Crippen LogP contribution in [0.2, 0.25) is 0 Å². The van der Waals surface area contributed by atoms with Gasteiger partial charge in [0, 0.05) is 17.5 Å². The smallest absolute Gasteiger partial charge is 0.338 e. The highest BCUT2D eigenvalue weighted by molar-refractivity contribution is 5.89. The lowest BCUT2D eigenvalue weighted by molar-refractivity contribution is -0.384. The van der Waals surface area contributed by atoms with Crippen LogP contribution in [-0.4, -0.2) is 17.5 Å². The third-order valence-corrected chi connectivity index (χ3v) is 5.75. The molecule has 1 aromatic carbocycles. The first kappa shape index (κ1) is 16.5. The SMILES string of the molecule is CC1CCC(C)(COC(=O)c2ccc([N+](=O)[O-])cc2)C1(C)C. The maximum atomic E-state index is 12.1. The van der Waals surface area contributed by atoms with Crippen LogP contribution in [0.15, 0.2) is 24.3 Å². The van der Waals surface area contributed by atoms with Gasteiger partial charge >= 0.3 is 5.97 Å². The lowest BCUT2D eigenvalue weighted by Crippen LogP contribution is -2.37. The number of esters is 1. The minimum Gasteiger partial charge on any atom is -0.461 e. The van der Waals surface area contributed by atoms with Gasteiger partial charge in [-0.15, -0.1) is 0 Å². The molecule has 0 spiro atoms. The zero-order chi connectivity index (χ0) is 16.5. The summed E-state index contributed by atoms with van der Waals surface area (Å²) >= 11 is 0. The zero-order valence-electron chi connectivity index (χ0n) is 13.6. The molecule has 0 aromatic heterocycles. The number of rotatable bonds is 4. The van der Waals surface area contributed by atoms with E-state index in [9.17, 15) is 14.9 Å². The Labute approximate surface area is 130 Å². The Kier molecular flexibility index (Phi) is 4.27. The summed E-state index contributed by atoms with van der Waals surface area (Å²) in [4.78, 5) is 22.3. The van der Waals surface area contributed by atoms with Crippen molar-refractivity contribution in [2.75, 3.05) is 6.61 Å². The highest BCUT2D eigenvalue weighted by Crippen LogP contribution is 2.55. The molecular weight excluding hydrogens is 282 g/mol. The molecule has 0 aliphatic heterocycles. The van der Waals surface area contributed by atoms with E-state index in [2.05, 4.69) is 27.7 Å². The van der Waals surface area contributed by atoms with E-state index in [-0.39, 0.29) is 16.5 Å². The molecule has 1 aromatic rings. The fourth-order valence-electron chi connectivity index (χ4n) is 3.10. The van der Waals surface area contributed by atoms with Gasteiger partial charge in [-0.25, -0.2) is 4.79 Å². The molecule has 0 radical (unpaired) electrons. The number of non-ortho nitro benzene ring substituents is 1. The van der Waals surface area contributed by atoms with Gasteiger partial charge in [-0.2, -0.15) is 0 Å². The average Bonchev–Trinajstić information content (AvgIpc) is 2.69. The van der Waals surface area contributed by atoms with E-state index in [1.54, 1.807) is 0 Å². The van der Waals surface area contributed by atoms with Crippen molar-refractivity contribution in [2.45, 2.75) is 40.5 Å². The number of ether oxygens (including phenoxy) is 1. The van der Waals surface area contributed by atoms with Crippen molar-refractivity contribution in [1.82, 2.24) is 0 Å². The van der Waals surface area contributed by atoms with E-state index in [4.69, 9.17) is 4.74 Å². The molecule has 22 heavy (non-hydrogen) atoms. The quantitative estimate of drug-likeness (QED) is 0.474. The average molecular weight is 305 g/mol. The van der Waals surface area contributed by atoms with Crippen molar-refractivity contribution in [3.63, 3.8) is 0 Å². The number of benzene rings is 1. The minimum atomic E-state index is -0.488. The Morgan fingerprint density at radius 3 is 2.36 bits per heavy atom. The molecule has 1 aliphatic carbocycles. The van der Waals surface area contributed by atoms with Crippen LogP contribution in [0.4, 0.5) is 5.69 Å². The molecule has 5 nitrogen and oxygen atoms in total. The van der Waals surface area contributed by atoms with Gasteiger partial charge in [0.2, 0.25) is 0 Å². The molecule has 5 heteroatoms. The largest absolute Gasteiger partial charge is 0.461 e. The summed E-state index contributed by atoms with van der Waals surface area (Å²) in [5, 5.41) is 10.6. The first-order valence-electron chi connectivity index (χ1n) is 7.59. The minimum absolute atomic E-state index is 0.0331. The summed E-state index contributed by atoms with van der Waals surface area (Å²) in [5.41, 5.74) is 0.387. The van der Waals surface area contributed by atoms with Gasteiger partial charge in [0.25, 0.3) is 5.69 Å². The molecule has 0 amide bonds. The van der Waals surface area contributed by atoms with Gasteiger partial charge in [0.05, 0.1) is 17.1 Å². The van der Waals surface area contributed by atoms with Crippen molar-refractivity contribution in [2.24, 2.45) is 16.7 Å². The van der Waals surface area contributed by atoms with E-state index in [0.717, 1.165) is 12.8 Å². The van der Waals surface area contributed by atoms with Crippen molar-refractivity contribution in [3.05, 3.63) is 39.9 Å². The summed E-state index contributed by atoms with van der Waals surface area (Å²) < 4.78 is 5.49. The van der Waals surface area contributed by atoms with Crippen molar-refractivity contribution in [3.8, 4) is 0 Å².